The largest absolute Gasteiger partial charge is 0.393 e. The van der Waals surface area contributed by atoms with Gasteiger partial charge >= 0.3 is 0 Å². The number of hydrogen-bond donors (Lipinski definition) is 1. The lowest BCUT2D eigenvalue weighted by Crippen LogP contribution is -2.16. The van der Waals surface area contributed by atoms with E-state index in [0.717, 1.165) is 31.7 Å². The van der Waals surface area contributed by atoms with Crippen molar-refractivity contribution >= 4 is 0 Å². The molecule has 1 aliphatic rings. The summed E-state index contributed by atoms with van der Waals surface area (Å²) in [5, 5.41) is 17.6. The summed E-state index contributed by atoms with van der Waals surface area (Å²) >= 11 is 0. The van der Waals surface area contributed by atoms with Crippen molar-refractivity contribution in [3.8, 4) is 0 Å². The van der Waals surface area contributed by atoms with E-state index in [1.165, 1.54) is 0 Å². The van der Waals surface area contributed by atoms with Crippen LogP contribution in [0.3, 0.4) is 0 Å². The van der Waals surface area contributed by atoms with Crippen LogP contribution in [0.4, 0.5) is 0 Å². The summed E-state index contributed by atoms with van der Waals surface area (Å²) in [6.45, 7) is 1.63. The van der Waals surface area contributed by atoms with Gasteiger partial charge in [0.2, 0.25) is 0 Å². The third-order valence-electron chi connectivity index (χ3n) is 2.72. The van der Waals surface area contributed by atoms with Crippen LogP contribution in [0.25, 0.3) is 0 Å². The third kappa shape index (κ3) is 3.00. The average Bonchev–Trinajstić information content (AvgIpc) is 2.77. The van der Waals surface area contributed by atoms with E-state index in [2.05, 4.69) is 10.3 Å². The van der Waals surface area contributed by atoms with Crippen LogP contribution >= 0.6 is 0 Å². The second-order valence-corrected chi connectivity index (χ2v) is 4.21. The predicted molar refractivity (Wildman–Crippen MR) is 54.3 cm³/mol. The second-order valence-electron chi connectivity index (χ2n) is 4.21. The third-order valence-corrected chi connectivity index (χ3v) is 2.72. The van der Waals surface area contributed by atoms with Gasteiger partial charge in [-0.3, -0.25) is 4.68 Å². The number of rotatable bonds is 4. The van der Waals surface area contributed by atoms with E-state index < -0.39 is 0 Å². The summed E-state index contributed by atoms with van der Waals surface area (Å²) < 4.78 is 6.92. The molecular weight excluding hydrogens is 194 g/mol. The normalized spacial score (nSPS) is 23.2. The molecule has 1 fully saturated rings. The lowest BCUT2D eigenvalue weighted by molar-refractivity contribution is 0.128. The molecule has 1 saturated heterocycles. The summed E-state index contributed by atoms with van der Waals surface area (Å²) in [5.74, 6) is 0.511. The van der Waals surface area contributed by atoms with E-state index in [4.69, 9.17) is 4.74 Å². The average molecular weight is 211 g/mol. The van der Waals surface area contributed by atoms with Crippen molar-refractivity contribution in [2.75, 3.05) is 13.2 Å². The minimum Gasteiger partial charge on any atom is -0.393 e. The van der Waals surface area contributed by atoms with Gasteiger partial charge in [-0.1, -0.05) is 5.21 Å². The van der Waals surface area contributed by atoms with Gasteiger partial charge in [-0.05, 0) is 18.8 Å². The van der Waals surface area contributed by atoms with Crippen molar-refractivity contribution in [1.82, 2.24) is 15.0 Å². The Balaban J connectivity index is 1.78. The zero-order chi connectivity index (χ0) is 10.7. The molecule has 1 N–H and O–H groups in total. The van der Waals surface area contributed by atoms with Crippen LogP contribution in [0, 0.1) is 5.92 Å². The fraction of sp³-hybridized carbons (Fsp3) is 0.800. The predicted octanol–water partition coefficient (Wildman–Crippen LogP) is 0.145. The summed E-state index contributed by atoms with van der Waals surface area (Å²) in [7, 11) is 1.83. The minimum absolute atomic E-state index is 0.326. The molecule has 5 heteroatoms. The summed E-state index contributed by atoms with van der Waals surface area (Å²) in [6.07, 6.45) is 3.97. The van der Waals surface area contributed by atoms with Crippen molar-refractivity contribution in [2.45, 2.75) is 25.4 Å². The van der Waals surface area contributed by atoms with Gasteiger partial charge in [0.1, 0.15) is 0 Å². The van der Waals surface area contributed by atoms with Crippen LogP contribution in [0.1, 0.15) is 18.5 Å². The molecule has 84 valence electrons. The maximum Gasteiger partial charge on any atom is 0.0852 e. The Hall–Kier alpha value is -0.940. The van der Waals surface area contributed by atoms with Crippen LogP contribution < -0.4 is 0 Å². The monoisotopic (exact) mass is 211 g/mol. The number of nitrogens with zero attached hydrogens (tertiary/aromatic N) is 3. The van der Waals surface area contributed by atoms with Gasteiger partial charge in [0, 0.05) is 32.9 Å². The zero-order valence-electron chi connectivity index (χ0n) is 8.96. The van der Waals surface area contributed by atoms with E-state index in [0.29, 0.717) is 12.3 Å². The van der Waals surface area contributed by atoms with Crippen molar-refractivity contribution in [3.05, 3.63) is 11.9 Å². The Kier molecular flexibility index (Phi) is 3.33. The van der Waals surface area contributed by atoms with Crippen molar-refractivity contribution in [3.63, 3.8) is 0 Å². The molecule has 0 spiro atoms. The minimum atomic E-state index is -0.326. The number of aryl methyl sites for hydroxylation is 1. The molecule has 0 radical (unpaired) electrons. The highest BCUT2D eigenvalue weighted by Crippen LogP contribution is 2.19. The lowest BCUT2D eigenvalue weighted by Gasteiger charge is -2.12. The molecule has 0 aliphatic carbocycles. The molecule has 2 atom stereocenters. The molecule has 15 heavy (non-hydrogen) atoms. The molecule has 1 aromatic rings. The van der Waals surface area contributed by atoms with E-state index in [1.807, 2.05) is 13.2 Å². The Morgan fingerprint density at radius 3 is 3.20 bits per heavy atom. The second kappa shape index (κ2) is 4.72. The number of aromatic nitrogens is 3. The van der Waals surface area contributed by atoms with Crippen LogP contribution in [0.15, 0.2) is 6.20 Å². The Labute approximate surface area is 89.0 Å². The van der Waals surface area contributed by atoms with Crippen LogP contribution in [-0.4, -0.2) is 39.4 Å². The van der Waals surface area contributed by atoms with Crippen molar-refractivity contribution < 1.29 is 9.84 Å². The quantitative estimate of drug-likeness (QED) is 0.770. The fourth-order valence-electron chi connectivity index (χ4n) is 1.97. The van der Waals surface area contributed by atoms with Gasteiger partial charge in [-0.15, -0.1) is 5.10 Å². The molecule has 0 amide bonds. The number of aliphatic hydroxyl groups excluding tert-OH is 1. The fourth-order valence-corrected chi connectivity index (χ4v) is 1.97. The first-order valence-corrected chi connectivity index (χ1v) is 5.35. The van der Waals surface area contributed by atoms with E-state index >= 15 is 0 Å². The van der Waals surface area contributed by atoms with Gasteiger partial charge in [0.05, 0.1) is 11.8 Å². The molecule has 1 aliphatic heterocycles. The molecule has 0 saturated carbocycles. The molecule has 0 aromatic carbocycles. The van der Waals surface area contributed by atoms with Crippen LogP contribution in [0.5, 0.6) is 0 Å². The standard InChI is InChI=1S/C10H17N3O2/c1-13-6-9(11-12-13)5-10(14)4-8-2-3-15-7-8/h6,8,10,14H,2-5,7H2,1H3. The van der Waals surface area contributed by atoms with E-state index in [-0.39, 0.29) is 6.10 Å². The van der Waals surface area contributed by atoms with Crippen LogP contribution in [-0.2, 0) is 18.2 Å². The van der Waals surface area contributed by atoms with Crippen LogP contribution in [0.2, 0.25) is 0 Å². The molecule has 1 aromatic heterocycles. The van der Waals surface area contributed by atoms with Gasteiger partial charge in [0.15, 0.2) is 0 Å². The molecule has 2 unspecified atom stereocenters. The number of aliphatic hydroxyl groups is 1. The highest BCUT2D eigenvalue weighted by Gasteiger charge is 2.20. The highest BCUT2D eigenvalue weighted by molar-refractivity contribution is 4.94. The Bertz CT molecular complexity index is 307. The number of hydrogen-bond acceptors (Lipinski definition) is 4. The van der Waals surface area contributed by atoms with Gasteiger partial charge in [-0.25, -0.2) is 0 Å². The highest BCUT2D eigenvalue weighted by atomic mass is 16.5. The van der Waals surface area contributed by atoms with Crippen molar-refractivity contribution in [1.29, 1.82) is 0 Å². The summed E-state index contributed by atoms with van der Waals surface area (Å²) in [5.41, 5.74) is 0.851. The maximum atomic E-state index is 9.84. The Morgan fingerprint density at radius 2 is 2.60 bits per heavy atom. The van der Waals surface area contributed by atoms with E-state index in [9.17, 15) is 5.11 Å². The molecular formula is C10H17N3O2. The molecule has 5 nitrogen and oxygen atoms in total. The Morgan fingerprint density at radius 1 is 1.73 bits per heavy atom. The van der Waals surface area contributed by atoms with Crippen molar-refractivity contribution in [2.24, 2.45) is 13.0 Å². The van der Waals surface area contributed by atoms with Gasteiger partial charge in [-0.2, -0.15) is 0 Å². The molecule has 2 rings (SSSR count). The van der Waals surface area contributed by atoms with Gasteiger partial charge < -0.3 is 9.84 Å². The first kappa shape index (κ1) is 10.6. The topological polar surface area (TPSA) is 60.2 Å². The summed E-state index contributed by atoms with van der Waals surface area (Å²) in [6, 6.07) is 0. The van der Waals surface area contributed by atoms with E-state index in [1.54, 1.807) is 4.68 Å². The SMILES string of the molecule is Cn1cc(CC(O)CC2CCOC2)nn1. The smallest absolute Gasteiger partial charge is 0.0852 e. The first-order valence-electron chi connectivity index (χ1n) is 5.35. The molecule has 2 heterocycles. The maximum absolute atomic E-state index is 9.84. The molecule has 0 bridgehead atoms. The lowest BCUT2D eigenvalue weighted by atomic mass is 9.98. The first-order chi connectivity index (χ1) is 7.24. The zero-order valence-corrected chi connectivity index (χ0v) is 8.96. The van der Waals surface area contributed by atoms with Gasteiger partial charge in [0.25, 0.3) is 0 Å². The summed E-state index contributed by atoms with van der Waals surface area (Å²) in [4.78, 5) is 0. The number of ether oxygens (including phenoxy) is 1.